The highest BCUT2D eigenvalue weighted by molar-refractivity contribution is 7.91. The summed E-state index contributed by atoms with van der Waals surface area (Å²) in [6, 6.07) is 3.29. The van der Waals surface area contributed by atoms with Crippen LogP contribution in [-0.4, -0.2) is 65.3 Å². The Kier molecular flexibility index (Phi) is 5.07. The van der Waals surface area contributed by atoms with Crippen LogP contribution in [0.3, 0.4) is 0 Å². The zero-order valence-electron chi connectivity index (χ0n) is 13.3. The largest absolute Gasteiger partial charge is 0.440 e. The van der Waals surface area contributed by atoms with Gasteiger partial charge in [0.05, 0.1) is 40.8 Å². The third-order valence-corrected chi connectivity index (χ3v) is 6.68. The molecule has 2 atom stereocenters. The summed E-state index contributed by atoms with van der Waals surface area (Å²) >= 11 is 1.52. The Morgan fingerprint density at radius 2 is 2.25 bits per heavy atom. The maximum atomic E-state index is 11.8. The minimum atomic E-state index is -3.26. The fraction of sp³-hybridized carbons (Fsp3) is 0.533. The molecule has 132 valence electrons. The van der Waals surface area contributed by atoms with Crippen molar-refractivity contribution in [1.29, 1.82) is 0 Å². The van der Waals surface area contributed by atoms with Crippen molar-refractivity contribution >= 4 is 21.2 Å². The van der Waals surface area contributed by atoms with Crippen molar-refractivity contribution in [3.63, 3.8) is 0 Å². The van der Waals surface area contributed by atoms with E-state index in [1.807, 2.05) is 17.5 Å². The first-order valence-electron chi connectivity index (χ1n) is 7.63. The number of aliphatic hydroxyl groups is 2. The smallest absolute Gasteiger partial charge is 0.236 e. The summed E-state index contributed by atoms with van der Waals surface area (Å²) in [6.45, 7) is 2.26. The summed E-state index contributed by atoms with van der Waals surface area (Å²) in [6.07, 6.45) is -0.953. The molecular formula is C15H20N2O5S2. The Bertz CT molecular complexity index is 785. The van der Waals surface area contributed by atoms with Crippen LogP contribution in [0.15, 0.2) is 21.9 Å². The molecule has 2 N–H and O–H groups in total. The summed E-state index contributed by atoms with van der Waals surface area (Å²) in [4.78, 5) is 7.18. The molecule has 9 heteroatoms. The standard InChI is InChI=1S/C15H20N2O5S2/c1-10-11(16-15(22-10)14-3-2-6-23-14)7-17(4-5-18)12-8-24(20,21)9-13(12)19/h2-3,6,12-13,18-19H,4-5,7-9H2,1H3/t12-,13+/m1/s1. The van der Waals surface area contributed by atoms with Gasteiger partial charge in [0.1, 0.15) is 5.76 Å². The molecule has 7 nitrogen and oxygen atoms in total. The molecule has 2 aromatic heterocycles. The summed E-state index contributed by atoms with van der Waals surface area (Å²) in [5, 5.41) is 21.3. The predicted molar refractivity (Wildman–Crippen MR) is 90.5 cm³/mol. The van der Waals surface area contributed by atoms with Gasteiger partial charge in [0, 0.05) is 13.1 Å². The molecule has 0 unspecified atom stereocenters. The van der Waals surface area contributed by atoms with Gasteiger partial charge in [0.25, 0.3) is 0 Å². The maximum Gasteiger partial charge on any atom is 0.236 e. The van der Waals surface area contributed by atoms with Gasteiger partial charge in [-0.15, -0.1) is 11.3 Å². The monoisotopic (exact) mass is 372 g/mol. The number of hydrogen-bond acceptors (Lipinski definition) is 8. The quantitative estimate of drug-likeness (QED) is 0.768. The first-order chi connectivity index (χ1) is 11.4. The van der Waals surface area contributed by atoms with Crippen LogP contribution in [0.5, 0.6) is 0 Å². The number of aliphatic hydroxyl groups excluding tert-OH is 2. The highest BCUT2D eigenvalue weighted by Crippen LogP contribution is 2.27. The van der Waals surface area contributed by atoms with E-state index in [0.717, 1.165) is 4.88 Å². The number of nitrogens with zero attached hydrogens (tertiary/aromatic N) is 2. The molecule has 24 heavy (non-hydrogen) atoms. The van der Waals surface area contributed by atoms with Crippen LogP contribution < -0.4 is 0 Å². The highest BCUT2D eigenvalue weighted by atomic mass is 32.2. The highest BCUT2D eigenvalue weighted by Gasteiger charge is 2.40. The molecule has 0 aromatic carbocycles. The molecule has 2 aromatic rings. The lowest BCUT2D eigenvalue weighted by Crippen LogP contribution is -2.44. The van der Waals surface area contributed by atoms with Crippen LogP contribution in [-0.2, 0) is 16.4 Å². The normalized spacial score (nSPS) is 23.2. The van der Waals surface area contributed by atoms with E-state index in [0.29, 0.717) is 23.9 Å². The Morgan fingerprint density at radius 1 is 1.46 bits per heavy atom. The second-order valence-corrected chi connectivity index (χ2v) is 9.01. The number of aryl methyl sites for hydroxylation is 1. The average molecular weight is 372 g/mol. The van der Waals surface area contributed by atoms with Crippen molar-refractivity contribution in [2.75, 3.05) is 24.7 Å². The van der Waals surface area contributed by atoms with Gasteiger partial charge in [-0.3, -0.25) is 4.90 Å². The zero-order chi connectivity index (χ0) is 17.3. The van der Waals surface area contributed by atoms with Gasteiger partial charge in [0.15, 0.2) is 9.84 Å². The van der Waals surface area contributed by atoms with Gasteiger partial charge in [-0.1, -0.05) is 6.07 Å². The molecule has 1 aliphatic rings. The second kappa shape index (κ2) is 6.93. The summed E-state index contributed by atoms with van der Waals surface area (Å²) in [7, 11) is -3.26. The fourth-order valence-corrected chi connectivity index (χ4v) is 5.40. The van der Waals surface area contributed by atoms with Gasteiger partial charge in [0.2, 0.25) is 5.89 Å². The van der Waals surface area contributed by atoms with Crippen LogP contribution in [0.2, 0.25) is 0 Å². The molecule has 0 bridgehead atoms. The summed E-state index contributed by atoms with van der Waals surface area (Å²) in [5.74, 6) is 0.832. The number of aromatic nitrogens is 1. The van der Waals surface area contributed by atoms with Crippen LogP contribution in [0.4, 0.5) is 0 Å². The van der Waals surface area contributed by atoms with Gasteiger partial charge in [-0.25, -0.2) is 13.4 Å². The van der Waals surface area contributed by atoms with E-state index in [-0.39, 0.29) is 24.7 Å². The van der Waals surface area contributed by atoms with Gasteiger partial charge >= 0.3 is 0 Å². The van der Waals surface area contributed by atoms with Crippen molar-refractivity contribution in [2.24, 2.45) is 0 Å². The molecule has 0 saturated carbocycles. The summed E-state index contributed by atoms with van der Waals surface area (Å²) in [5.41, 5.74) is 0.684. The zero-order valence-corrected chi connectivity index (χ0v) is 14.9. The molecule has 0 radical (unpaired) electrons. The molecule has 0 spiro atoms. The van der Waals surface area contributed by atoms with E-state index in [9.17, 15) is 18.6 Å². The molecule has 1 saturated heterocycles. The Labute approximate surface area is 144 Å². The molecule has 0 aliphatic carbocycles. The maximum absolute atomic E-state index is 11.8. The Morgan fingerprint density at radius 3 is 2.83 bits per heavy atom. The number of hydrogen-bond donors (Lipinski definition) is 2. The Hall–Kier alpha value is -1.26. The predicted octanol–water partition coefficient (Wildman–Crippen LogP) is 0.664. The number of oxazole rings is 1. The van der Waals surface area contributed by atoms with Gasteiger partial charge < -0.3 is 14.6 Å². The minimum Gasteiger partial charge on any atom is -0.440 e. The number of thiophene rings is 1. The lowest BCUT2D eigenvalue weighted by Gasteiger charge is -2.28. The van der Waals surface area contributed by atoms with E-state index < -0.39 is 22.0 Å². The molecule has 3 heterocycles. The third kappa shape index (κ3) is 3.70. The summed E-state index contributed by atoms with van der Waals surface area (Å²) < 4.78 is 29.2. The molecule has 0 amide bonds. The second-order valence-electron chi connectivity index (χ2n) is 5.90. The van der Waals surface area contributed by atoms with Crippen molar-refractivity contribution in [2.45, 2.75) is 25.6 Å². The van der Waals surface area contributed by atoms with Crippen LogP contribution in [0.25, 0.3) is 10.8 Å². The molecular weight excluding hydrogens is 352 g/mol. The first-order valence-corrected chi connectivity index (χ1v) is 10.3. The van der Waals surface area contributed by atoms with Crippen LogP contribution in [0.1, 0.15) is 11.5 Å². The van der Waals surface area contributed by atoms with Crippen molar-refractivity contribution < 1.29 is 23.0 Å². The van der Waals surface area contributed by atoms with Gasteiger partial charge in [-0.05, 0) is 18.4 Å². The van der Waals surface area contributed by atoms with Crippen LogP contribution >= 0.6 is 11.3 Å². The third-order valence-electron chi connectivity index (χ3n) is 4.13. The minimum absolute atomic E-state index is 0.108. The topological polar surface area (TPSA) is 104 Å². The molecule has 3 rings (SSSR count). The van der Waals surface area contributed by atoms with E-state index in [1.54, 1.807) is 11.8 Å². The van der Waals surface area contributed by atoms with E-state index in [2.05, 4.69) is 4.98 Å². The van der Waals surface area contributed by atoms with Crippen LogP contribution in [0, 0.1) is 6.92 Å². The van der Waals surface area contributed by atoms with E-state index in [1.165, 1.54) is 11.3 Å². The van der Waals surface area contributed by atoms with Crippen molar-refractivity contribution in [3.05, 3.63) is 29.0 Å². The first kappa shape index (κ1) is 17.6. The van der Waals surface area contributed by atoms with E-state index in [4.69, 9.17) is 4.42 Å². The fourth-order valence-electron chi connectivity index (χ4n) is 2.92. The number of sulfone groups is 1. The molecule has 1 fully saturated rings. The van der Waals surface area contributed by atoms with Crippen molar-refractivity contribution in [3.8, 4) is 10.8 Å². The lowest BCUT2D eigenvalue weighted by molar-refractivity contribution is 0.0645. The van der Waals surface area contributed by atoms with E-state index >= 15 is 0 Å². The van der Waals surface area contributed by atoms with Gasteiger partial charge in [-0.2, -0.15) is 0 Å². The molecule has 1 aliphatic heterocycles. The Balaban J connectivity index is 1.81. The van der Waals surface area contributed by atoms with Crippen molar-refractivity contribution in [1.82, 2.24) is 9.88 Å². The SMILES string of the molecule is Cc1oc(-c2cccs2)nc1CN(CCO)[C@@H]1CS(=O)(=O)C[C@@H]1O. The number of rotatable bonds is 6. The lowest BCUT2D eigenvalue weighted by atomic mass is 10.1. The average Bonchev–Trinajstić information content (AvgIpc) is 3.19.